The number of carbonyl (C=O) groups excluding carboxylic acids is 4. The van der Waals surface area contributed by atoms with Crippen LogP contribution in [0.25, 0.3) is 0 Å². The molecular formula is C22H19N5O7S. The van der Waals surface area contributed by atoms with Crippen molar-refractivity contribution < 1.29 is 32.3 Å². The van der Waals surface area contributed by atoms with E-state index in [9.17, 15) is 27.6 Å². The van der Waals surface area contributed by atoms with E-state index in [0.717, 1.165) is 11.8 Å². The van der Waals surface area contributed by atoms with E-state index in [4.69, 9.17) is 4.74 Å². The zero-order valence-corrected chi connectivity index (χ0v) is 19.4. The van der Waals surface area contributed by atoms with Gasteiger partial charge in [-0.05, 0) is 29.8 Å². The molecule has 1 aromatic carbocycles. The first kappa shape index (κ1) is 23.7. The van der Waals surface area contributed by atoms with Gasteiger partial charge in [-0.3, -0.25) is 19.7 Å². The van der Waals surface area contributed by atoms with Crippen LogP contribution in [0.1, 0.15) is 32.0 Å². The minimum atomic E-state index is -3.75. The number of nitrogens with zero attached hydrogens (tertiary/aromatic N) is 2. The summed E-state index contributed by atoms with van der Waals surface area (Å²) < 4.78 is 29.4. The van der Waals surface area contributed by atoms with Crippen LogP contribution in [0.2, 0.25) is 0 Å². The second-order valence-electron chi connectivity index (χ2n) is 7.88. The Labute approximate surface area is 200 Å². The molecule has 0 unspecified atom stereocenters. The zero-order valence-electron chi connectivity index (χ0n) is 18.5. The predicted molar refractivity (Wildman–Crippen MR) is 121 cm³/mol. The Balaban J connectivity index is 1.58. The van der Waals surface area contributed by atoms with Gasteiger partial charge in [0.05, 0.1) is 19.9 Å². The lowest BCUT2D eigenvalue weighted by molar-refractivity contribution is -0.122. The zero-order chi connectivity index (χ0) is 25.4. The molecule has 2 aliphatic rings. The molecule has 12 nitrogen and oxygen atoms in total. The fraction of sp³-hybridized carbons (Fsp3) is 0.227. The summed E-state index contributed by atoms with van der Waals surface area (Å²) in [7, 11) is -2.27. The number of amides is 5. The van der Waals surface area contributed by atoms with Gasteiger partial charge in [-0.1, -0.05) is 17.9 Å². The van der Waals surface area contributed by atoms with Crippen molar-refractivity contribution in [3.8, 4) is 17.6 Å². The van der Waals surface area contributed by atoms with Gasteiger partial charge in [0.2, 0.25) is 15.6 Å². The van der Waals surface area contributed by atoms with Gasteiger partial charge in [0, 0.05) is 23.9 Å². The third kappa shape index (κ3) is 4.92. The van der Waals surface area contributed by atoms with Crippen molar-refractivity contribution >= 4 is 33.8 Å². The van der Waals surface area contributed by atoms with Crippen molar-refractivity contribution in [3.63, 3.8) is 0 Å². The normalized spacial score (nSPS) is 18.8. The summed E-state index contributed by atoms with van der Waals surface area (Å²) in [6.07, 6.45) is 2.06. The summed E-state index contributed by atoms with van der Waals surface area (Å²) in [5.74, 6) is 4.01. The first-order chi connectivity index (χ1) is 16.5. The Morgan fingerprint density at radius 3 is 2.63 bits per heavy atom. The molecule has 0 bridgehead atoms. The number of methoxy groups -OCH3 is 1. The van der Waals surface area contributed by atoms with Crippen LogP contribution in [0.4, 0.5) is 4.79 Å². The van der Waals surface area contributed by atoms with Crippen molar-refractivity contribution in [3.05, 3.63) is 58.9 Å². The van der Waals surface area contributed by atoms with Crippen LogP contribution in [0.3, 0.4) is 0 Å². The first-order valence-electron chi connectivity index (χ1n) is 10.1. The molecule has 0 saturated carbocycles. The Kier molecular flexibility index (Phi) is 5.91. The highest BCUT2D eigenvalue weighted by Gasteiger charge is 2.48. The Morgan fingerprint density at radius 2 is 2.03 bits per heavy atom. The summed E-state index contributed by atoms with van der Waals surface area (Å²) in [6.45, 7) is 0.00607. The number of fused-ring (bicyclic) bond motifs is 1. The monoisotopic (exact) mass is 497 g/mol. The lowest BCUT2D eigenvalue weighted by Crippen LogP contribution is -2.54. The molecule has 1 atom stereocenters. The molecule has 3 N–H and O–H groups in total. The number of ether oxygens (including phenoxy) is 1. The summed E-state index contributed by atoms with van der Waals surface area (Å²) >= 11 is 0. The highest BCUT2D eigenvalue weighted by Crippen LogP contribution is 2.28. The molecule has 5 amide bonds. The van der Waals surface area contributed by atoms with Crippen LogP contribution in [0.5, 0.6) is 5.75 Å². The number of urea groups is 1. The van der Waals surface area contributed by atoms with E-state index < -0.39 is 33.4 Å². The van der Waals surface area contributed by atoms with E-state index in [1.165, 1.54) is 30.3 Å². The molecule has 0 spiro atoms. The lowest BCUT2D eigenvalue weighted by Gasteiger charge is -2.26. The number of nitrogens with one attached hydrogen (secondary N) is 3. The fourth-order valence-corrected chi connectivity index (χ4v) is 4.05. The quantitative estimate of drug-likeness (QED) is 0.363. The molecule has 1 aromatic heterocycles. The van der Waals surface area contributed by atoms with Crippen molar-refractivity contribution in [1.29, 1.82) is 0 Å². The molecule has 13 heteroatoms. The number of imide groups is 1. The smallest absolute Gasteiger partial charge is 0.323 e. The van der Waals surface area contributed by atoms with Gasteiger partial charge in [-0.25, -0.2) is 22.9 Å². The van der Waals surface area contributed by atoms with Crippen LogP contribution in [-0.2, 0) is 21.4 Å². The van der Waals surface area contributed by atoms with Gasteiger partial charge in [-0.2, -0.15) is 0 Å². The number of pyridine rings is 1. The number of hydrogen-bond donors (Lipinski definition) is 3. The maximum atomic E-state index is 12.9. The Bertz CT molecular complexity index is 1430. The molecule has 0 aliphatic carbocycles. The van der Waals surface area contributed by atoms with Gasteiger partial charge in [0.25, 0.3) is 17.7 Å². The second kappa shape index (κ2) is 8.73. The summed E-state index contributed by atoms with van der Waals surface area (Å²) in [5.41, 5.74) is -0.404. The summed E-state index contributed by atoms with van der Waals surface area (Å²) in [6, 6.07) is 7.01. The minimum Gasteiger partial charge on any atom is -0.497 e. The molecule has 3 heterocycles. The summed E-state index contributed by atoms with van der Waals surface area (Å²) in [5, 5.41) is 4.64. The SMILES string of the molecule is COc1ccc2c(c1)C(=O)N(C[C@@]1(C#Cc3ccc(C(=O)NS(C)(=O)=O)nc3)NC(=O)NC1=O)C2. The fourth-order valence-electron chi connectivity index (χ4n) is 3.61. The van der Waals surface area contributed by atoms with E-state index in [1.54, 1.807) is 22.9 Å². The third-order valence-corrected chi connectivity index (χ3v) is 5.82. The average Bonchev–Trinajstić information content (AvgIpc) is 3.26. The number of rotatable bonds is 5. The molecule has 35 heavy (non-hydrogen) atoms. The Morgan fingerprint density at radius 1 is 1.26 bits per heavy atom. The highest BCUT2D eigenvalue weighted by molar-refractivity contribution is 7.89. The molecule has 1 saturated heterocycles. The maximum Gasteiger partial charge on any atom is 0.323 e. The molecule has 0 radical (unpaired) electrons. The largest absolute Gasteiger partial charge is 0.497 e. The van der Waals surface area contributed by atoms with Crippen LogP contribution < -0.4 is 20.1 Å². The van der Waals surface area contributed by atoms with Crippen molar-refractivity contribution in [2.75, 3.05) is 19.9 Å². The van der Waals surface area contributed by atoms with E-state index in [0.29, 0.717) is 11.3 Å². The maximum absolute atomic E-state index is 12.9. The van der Waals surface area contributed by atoms with Gasteiger partial charge >= 0.3 is 6.03 Å². The van der Waals surface area contributed by atoms with Crippen molar-refractivity contribution in [2.24, 2.45) is 0 Å². The van der Waals surface area contributed by atoms with Crippen LogP contribution >= 0.6 is 0 Å². The van der Waals surface area contributed by atoms with E-state index in [-0.39, 0.29) is 30.3 Å². The van der Waals surface area contributed by atoms with E-state index in [2.05, 4.69) is 27.5 Å². The van der Waals surface area contributed by atoms with Gasteiger partial charge < -0.3 is 15.0 Å². The third-order valence-electron chi connectivity index (χ3n) is 5.26. The standard InChI is InChI=1S/C22H19N5O7S/c1-34-15-5-4-14-11-27(19(29)16(14)9-15)12-22(20(30)24-21(31)25-22)8-7-13-3-6-17(23-10-13)18(28)26-35(2,32)33/h3-6,9-10H,11-12H2,1-2H3,(H,26,28)(H2,24,25,30,31)/t22-/m1/s1. The number of carbonyl (C=O) groups is 4. The summed E-state index contributed by atoms with van der Waals surface area (Å²) in [4.78, 5) is 54.7. The van der Waals surface area contributed by atoms with Gasteiger partial charge in [-0.15, -0.1) is 0 Å². The predicted octanol–water partition coefficient (Wildman–Crippen LogP) is -0.635. The van der Waals surface area contributed by atoms with Gasteiger partial charge in [0.1, 0.15) is 11.4 Å². The number of benzene rings is 1. The van der Waals surface area contributed by atoms with Crippen LogP contribution in [0, 0.1) is 11.8 Å². The molecule has 4 rings (SSSR count). The molecule has 2 aromatic rings. The van der Waals surface area contributed by atoms with Crippen molar-refractivity contribution in [1.82, 2.24) is 25.2 Å². The number of hydrogen-bond acceptors (Lipinski definition) is 8. The lowest BCUT2D eigenvalue weighted by atomic mass is 9.99. The van der Waals surface area contributed by atoms with E-state index >= 15 is 0 Å². The molecule has 2 aliphatic heterocycles. The average molecular weight is 497 g/mol. The Hall–Kier alpha value is -4.44. The minimum absolute atomic E-state index is 0.154. The molecular weight excluding hydrogens is 478 g/mol. The highest BCUT2D eigenvalue weighted by atomic mass is 32.2. The van der Waals surface area contributed by atoms with E-state index in [1.807, 2.05) is 0 Å². The van der Waals surface area contributed by atoms with Crippen LogP contribution in [0.15, 0.2) is 36.5 Å². The topological polar surface area (TPSA) is 164 Å². The molecule has 1 fully saturated rings. The number of aromatic nitrogens is 1. The molecule has 180 valence electrons. The first-order valence-corrected chi connectivity index (χ1v) is 12.0. The van der Waals surface area contributed by atoms with Crippen molar-refractivity contribution in [2.45, 2.75) is 12.1 Å². The second-order valence-corrected chi connectivity index (χ2v) is 9.63. The number of sulfonamides is 1. The van der Waals surface area contributed by atoms with Crippen LogP contribution in [-0.4, -0.2) is 67.5 Å². The van der Waals surface area contributed by atoms with Gasteiger partial charge in [0.15, 0.2) is 0 Å².